The number of aromatic nitrogens is 4. The highest BCUT2D eigenvalue weighted by Gasteiger charge is 2.56. The number of hydrogen-bond acceptors (Lipinski definition) is 14. The summed E-state index contributed by atoms with van der Waals surface area (Å²) in [6, 6.07) is 14.2. The van der Waals surface area contributed by atoms with Crippen molar-refractivity contribution in [3.8, 4) is 70.5 Å². The zero-order chi connectivity index (χ0) is 58.5. The number of anilines is 2. The zero-order valence-electron chi connectivity index (χ0n) is 46.3. The summed E-state index contributed by atoms with van der Waals surface area (Å²) in [7, 11) is 0. The fraction of sp³-hybridized carbons (Fsp3) is 0.385. The number of benzene rings is 6. The quantitative estimate of drug-likeness (QED) is 0.0937. The average molecular weight is 1160 g/mol. The number of rotatable bonds is 11. The average Bonchev–Trinajstić information content (AvgIpc) is 1.89. The van der Waals surface area contributed by atoms with E-state index in [-0.39, 0.29) is 109 Å². The van der Waals surface area contributed by atoms with Gasteiger partial charge in [-0.3, -0.25) is 9.80 Å². The van der Waals surface area contributed by atoms with Gasteiger partial charge in [-0.15, -0.1) is 12.8 Å². The van der Waals surface area contributed by atoms with E-state index >= 15 is 22.0 Å². The fourth-order valence-electron chi connectivity index (χ4n) is 14.6. The molecule has 0 amide bonds. The predicted molar refractivity (Wildman–Crippen MR) is 310 cm³/mol. The minimum atomic E-state index is -1.63. The Morgan fingerprint density at radius 1 is 0.588 bits per heavy atom. The molecule has 20 heteroatoms. The van der Waals surface area contributed by atoms with E-state index in [1.807, 2.05) is 14.7 Å². The monoisotopic (exact) mass is 1160 g/mol. The molecule has 436 valence electrons. The Labute approximate surface area is 485 Å². The van der Waals surface area contributed by atoms with Crippen LogP contribution in [0.1, 0.15) is 67.7 Å². The molecule has 0 saturated carbocycles. The molecule has 14 nitrogen and oxygen atoms in total. The summed E-state index contributed by atoms with van der Waals surface area (Å²) in [6.45, 7) is 4.86. The van der Waals surface area contributed by atoms with Gasteiger partial charge in [0.2, 0.25) is 0 Å². The third-order valence-corrected chi connectivity index (χ3v) is 18.4. The Morgan fingerprint density at radius 3 is 1.85 bits per heavy atom. The number of hydrogen-bond donors (Lipinski definition) is 2. The van der Waals surface area contributed by atoms with Crippen LogP contribution in [0.4, 0.5) is 38.0 Å². The highest BCUT2D eigenvalue weighted by molar-refractivity contribution is 6.06. The molecule has 0 bridgehead atoms. The van der Waals surface area contributed by atoms with Crippen molar-refractivity contribution in [2.45, 2.75) is 74.4 Å². The van der Waals surface area contributed by atoms with Gasteiger partial charge in [0.25, 0.3) is 0 Å². The van der Waals surface area contributed by atoms with Gasteiger partial charge in [0.05, 0.1) is 48.1 Å². The summed E-state index contributed by atoms with van der Waals surface area (Å²) in [6.07, 6.45) is 12.8. The van der Waals surface area contributed by atoms with Crippen molar-refractivity contribution >= 4 is 55.0 Å². The Bertz CT molecular complexity index is 4130. The van der Waals surface area contributed by atoms with Crippen LogP contribution in [0.3, 0.4) is 0 Å². The highest BCUT2D eigenvalue weighted by Crippen LogP contribution is 2.53. The smallest absolute Gasteiger partial charge is 0.319 e. The van der Waals surface area contributed by atoms with Crippen LogP contribution in [0.2, 0.25) is 0 Å². The summed E-state index contributed by atoms with van der Waals surface area (Å²) in [4.78, 5) is 27.0. The first-order chi connectivity index (χ1) is 41.2. The molecule has 6 aromatic carbocycles. The number of nitrogens with zero attached hydrogens (tertiary/aromatic N) is 8. The van der Waals surface area contributed by atoms with Gasteiger partial charge in [-0.25, -0.2) is 26.3 Å². The van der Waals surface area contributed by atoms with Crippen LogP contribution in [0, 0.1) is 48.0 Å². The number of fused-ring (bicyclic) bond motifs is 6. The molecule has 0 spiro atoms. The second kappa shape index (κ2) is 21.4. The number of phenols is 2. The van der Waals surface area contributed by atoms with Crippen LogP contribution in [0.25, 0.3) is 65.6 Å². The maximum absolute atomic E-state index is 17.9. The maximum Gasteiger partial charge on any atom is 0.319 e. The number of aromatic hydroxyl groups is 2. The van der Waals surface area contributed by atoms with E-state index in [4.69, 9.17) is 41.8 Å². The van der Waals surface area contributed by atoms with Crippen molar-refractivity contribution in [2.75, 3.05) is 95.3 Å². The molecular weight excluding hydrogens is 1100 g/mol. The molecule has 0 radical (unpaired) electrons. The van der Waals surface area contributed by atoms with Gasteiger partial charge in [0.15, 0.2) is 11.6 Å². The van der Waals surface area contributed by atoms with Crippen molar-refractivity contribution in [2.24, 2.45) is 0 Å². The second-order valence-corrected chi connectivity index (χ2v) is 23.2. The van der Waals surface area contributed by atoms with E-state index in [2.05, 4.69) is 26.7 Å². The largest absolute Gasteiger partial charge is 0.508 e. The van der Waals surface area contributed by atoms with Crippen LogP contribution in [0.15, 0.2) is 66.7 Å². The van der Waals surface area contributed by atoms with Crippen LogP contribution in [0.5, 0.6) is 23.5 Å². The number of alkyl halides is 2. The molecule has 6 aliphatic heterocycles. The second-order valence-electron chi connectivity index (χ2n) is 23.2. The lowest BCUT2D eigenvalue weighted by molar-refractivity contribution is 0.0830. The molecule has 6 fully saturated rings. The first-order valence-corrected chi connectivity index (χ1v) is 28.8. The standard InChI is InChI=1S/C65H58F6N8O6/c1-3-40-50(67)13-8-36-26-38(80)27-46(53(36)40)42-9-11-45-58(55(42)70)73-63(75-61(45)77-20-24-83-25-21-77)85-35-65-15-6-18-79(65)59(52(69)32-65)49-30-51(68)41(4-2)54-47(28-39(81)29-48(49)54)43-10-12-44-57(56(43)71)72-62(74-60(44)76-16-7-22-82-23-19-76)84-34-64-14-5-17-78(64)33-37(66)31-64/h1-2,8-13,26-30,37,52,59,80-81H,5-7,14-25,31-35H2. The topological polar surface area (TPSA) is 142 Å². The van der Waals surface area contributed by atoms with Crippen LogP contribution >= 0.6 is 0 Å². The molecule has 5 unspecified atom stereocenters. The maximum atomic E-state index is 17.9. The number of morpholine rings is 1. The number of ether oxygens (including phenoxy) is 4. The Hall–Kier alpha value is -8.14. The molecule has 2 aromatic heterocycles. The van der Waals surface area contributed by atoms with Gasteiger partial charge >= 0.3 is 12.0 Å². The Balaban J connectivity index is 0.835. The summed E-state index contributed by atoms with van der Waals surface area (Å²) in [5, 5.41) is 24.1. The minimum Gasteiger partial charge on any atom is -0.508 e. The molecule has 6 saturated heterocycles. The van der Waals surface area contributed by atoms with Crippen molar-refractivity contribution in [3.63, 3.8) is 0 Å². The van der Waals surface area contributed by atoms with Gasteiger partial charge in [-0.1, -0.05) is 30.0 Å². The van der Waals surface area contributed by atoms with Crippen LogP contribution in [-0.2, 0) is 9.47 Å². The van der Waals surface area contributed by atoms with Gasteiger partial charge in [-0.05, 0) is 121 Å². The van der Waals surface area contributed by atoms with Gasteiger partial charge in [-0.2, -0.15) is 19.9 Å². The van der Waals surface area contributed by atoms with Gasteiger partial charge in [0, 0.05) is 84.8 Å². The molecule has 5 atom stereocenters. The van der Waals surface area contributed by atoms with Crippen molar-refractivity contribution < 1.29 is 55.5 Å². The number of halogens is 6. The molecule has 8 aromatic rings. The Morgan fingerprint density at radius 2 is 1.18 bits per heavy atom. The normalized spacial score (nSPS) is 23.6. The van der Waals surface area contributed by atoms with E-state index in [9.17, 15) is 14.6 Å². The molecule has 8 heterocycles. The van der Waals surface area contributed by atoms with Crippen LogP contribution in [-0.4, -0.2) is 149 Å². The Kier molecular flexibility index (Phi) is 13.8. The van der Waals surface area contributed by atoms with Crippen molar-refractivity contribution in [1.29, 1.82) is 0 Å². The van der Waals surface area contributed by atoms with E-state index in [0.717, 1.165) is 19.4 Å². The number of terminal acetylenes is 2. The molecule has 0 aliphatic carbocycles. The van der Waals surface area contributed by atoms with Gasteiger partial charge in [0.1, 0.15) is 71.4 Å². The molecular formula is C65H58F6N8O6. The predicted octanol–water partition coefficient (Wildman–Crippen LogP) is 10.9. The summed E-state index contributed by atoms with van der Waals surface area (Å²) in [5.41, 5.74) is -1.86. The minimum absolute atomic E-state index is 0.0179. The van der Waals surface area contributed by atoms with E-state index in [0.29, 0.717) is 119 Å². The first kappa shape index (κ1) is 54.8. The highest BCUT2D eigenvalue weighted by atomic mass is 19.2. The van der Waals surface area contributed by atoms with Gasteiger partial charge < -0.3 is 39.0 Å². The van der Waals surface area contributed by atoms with Crippen molar-refractivity contribution in [3.05, 3.63) is 107 Å². The molecule has 85 heavy (non-hydrogen) atoms. The number of phenolic OH excluding ortho intramolecular Hbond substituents is 2. The summed E-state index contributed by atoms with van der Waals surface area (Å²) < 4.78 is 124. The fourth-order valence-corrected chi connectivity index (χ4v) is 14.6. The summed E-state index contributed by atoms with van der Waals surface area (Å²) >= 11 is 0. The molecule has 2 N–H and O–H groups in total. The van der Waals surface area contributed by atoms with Crippen LogP contribution < -0.4 is 19.3 Å². The zero-order valence-corrected chi connectivity index (χ0v) is 46.3. The SMILES string of the molecule is C#Cc1c(F)ccc2cc(O)cc(-c3ccc4c(N5CCOCC5)nc(OCC56CCCN5C(c5cc(F)c(C#C)c7c(-c8ccc9c(N%10CCCOCC%10)nc(OCC%10%11CCCN%10CC(F)C%11)nc9c8F)cc(O)cc57)C(F)C6)nc4c3F)c12. The van der Waals surface area contributed by atoms with Crippen molar-refractivity contribution in [1.82, 2.24) is 29.7 Å². The van der Waals surface area contributed by atoms with E-state index < -0.39 is 52.7 Å². The van der Waals surface area contributed by atoms with E-state index in [1.54, 1.807) is 12.1 Å². The molecule has 6 aliphatic rings. The first-order valence-electron chi connectivity index (χ1n) is 28.8. The lowest BCUT2D eigenvalue weighted by Crippen LogP contribution is -2.44. The summed E-state index contributed by atoms with van der Waals surface area (Å²) in [5.74, 6) is 1.93. The van der Waals surface area contributed by atoms with E-state index in [1.165, 1.54) is 54.6 Å². The molecule has 14 rings (SSSR count). The third-order valence-electron chi connectivity index (χ3n) is 18.4. The lowest BCUT2D eigenvalue weighted by Gasteiger charge is -2.35. The lowest BCUT2D eigenvalue weighted by atomic mass is 9.87. The third kappa shape index (κ3) is 9.22.